The van der Waals surface area contributed by atoms with E-state index in [2.05, 4.69) is 5.32 Å². The lowest BCUT2D eigenvalue weighted by Gasteiger charge is -2.15. The molecule has 0 fully saturated rings. The molecule has 2 aromatic carbocycles. The van der Waals surface area contributed by atoms with Crippen LogP contribution in [0.3, 0.4) is 0 Å². The molecular formula is C20H25Cl2NO3. The summed E-state index contributed by atoms with van der Waals surface area (Å²) >= 11 is 12.3. The van der Waals surface area contributed by atoms with Crippen LogP contribution in [0.2, 0.25) is 10.0 Å². The highest BCUT2D eigenvalue weighted by atomic mass is 35.5. The summed E-state index contributed by atoms with van der Waals surface area (Å²) in [5, 5.41) is 4.71. The molecule has 0 aromatic heterocycles. The molecule has 0 saturated carbocycles. The lowest BCUT2D eigenvalue weighted by atomic mass is 10.2. The van der Waals surface area contributed by atoms with Crippen molar-refractivity contribution in [3.05, 3.63) is 57.6 Å². The van der Waals surface area contributed by atoms with Gasteiger partial charge in [-0.25, -0.2) is 0 Å². The van der Waals surface area contributed by atoms with Crippen LogP contribution in [0.25, 0.3) is 0 Å². The third-order valence-electron chi connectivity index (χ3n) is 3.74. The summed E-state index contributed by atoms with van der Waals surface area (Å²) in [4.78, 5) is 0. The van der Waals surface area contributed by atoms with Crippen LogP contribution in [0.1, 0.15) is 24.5 Å². The van der Waals surface area contributed by atoms with Crippen molar-refractivity contribution in [3.63, 3.8) is 0 Å². The topological polar surface area (TPSA) is 39.7 Å². The molecule has 4 nitrogen and oxygen atoms in total. The zero-order valence-corrected chi connectivity index (χ0v) is 16.7. The minimum absolute atomic E-state index is 0.419. The summed E-state index contributed by atoms with van der Waals surface area (Å²) in [5.41, 5.74) is 2.00. The van der Waals surface area contributed by atoms with Gasteiger partial charge >= 0.3 is 0 Å². The monoisotopic (exact) mass is 397 g/mol. The number of benzene rings is 2. The summed E-state index contributed by atoms with van der Waals surface area (Å²) in [5.74, 6) is 1.33. The second-order valence-corrected chi connectivity index (χ2v) is 6.61. The maximum atomic E-state index is 6.43. The van der Waals surface area contributed by atoms with Crippen molar-refractivity contribution < 1.29 is 14.2 Å². The molecule has 0 spiro atoms. The predicted molar refractivity (Wildman–Crippen MR) is 107 cm³/mol. The molecule has 0 bridgehead atoms. The van der Waals surface area contributed by atoms with Gasteiger partial charge in [0.05, 0.1) is 6.61 Å². The Morgan fingerprint density at radius 3 is 2.42 bits per heavy atom. The summed E-state index contributed by atoms with van der Waals surface area (Å²) in [6.07, 6.45) is 0.953. The van der Waals surface area contributed by atoms with Crippen LogP contribution in [0.4, 0.5) is 0 Å². The van der Waals surface area contributed by atoms with Crippen LogP contribution in [0.15, 0.2) is 36.4 Å². The molecule has 0 heterocycles. The van der Waals surface area contributed by atoms with Crippen LogP contribution in [-0.2, 0) is 17.9 Å². The van der Waals surface area contributed by atoms with E-state index >= 15 is 0 Å². The Morgan fingerprint density at radius 2 is 1.73 bits per heavy atom. The number of ether oxygens (including phenoxy) is 3. The molecule has 0 saturated heterocycles. The van der Waals surface area contributed by atoms with Crippen molar-refractivity contribution in [2.45, 2.75) is 26.5 Å². The van der Waals surface area contributed by atoms with Gasteiger partial charge in [-0.05, 0) is 49.2 Å². The highest BCUT2D eigenvalue weighted by Crippen LogP contribution is 2.34. The third kappa shape index (κ3) is 6.69. The highest BCUT2D eigenvalue weighted by Gasteiger charge is 2.11. The van der Waals surface area contributed by atoms with Crippen molar-refractivity contribution >= 4 is 23.2 Å². The maximum Gasteiger partial charge on any atom is 0.163 e. The smallest absolute Gasteiger partial charge is 0.163 e. The first-order chi connectivity index (χ1) is 12.6. The largest absolute Gasteiger partial charge is 0.490 e. The fourth-order valence-corrected chi connectivity index (χ4v) is 2.75. The number of nitrogens with one attached hydrogen (secondary N) is 1. The standard InChI is InChI=1S/C20H25Cl2NO3/c1-3-25-19-11-16(13-23-9-4-10-24-2)18(22)12-20(19)26-14-15-5-7-17(21)8-6-15/h5-8,11-12,23H,3-4,9-10,13-14H2,1-2H3. The minimum atomic E-state index is 0.419. The molecule has 0 aliphatic heterocycles. The average Bonchev–Trinajstić information content (AvgIpc) is 2.64. The molecule has 0 radical (unpaired) electrons. The van der Waals surface area contributed by atoms with Gasteiger partial charge in [0.15, 0.2) is 11.5 Å². The van der Waals surface area contributed by atoms with E-state index < -0.39 is 0 Å². The molecule has 0 aliphatic carbocycles. The van der Waals surface area contributed by atoms with Gasteiger partial charge in [0, 0.05) is 36.4 Å². The molecule has 0 atom stereocenters. The Kier molecular flexibility index (Phi) is 9.06. The Hall–Kier alpha value is -1.46. The molecule has 0 unspecified atom stereocenters. The second-order valence-electron chi connectivity index (χ2n) is 5.76. The molecule has 2 aromatic rings. The van der Waals surface area contributed by atoms with E-state index in [0.717, 1.165) is 30.7 Å². The van der Waals surface area contributed by atoms with Crippen LogP contribution in [0.5, 0.6) is 11.5 Å². The van der Waals surface area contributed by atoms with Crippen molar-refractivity contribution in [1.29, 1.82) is 0 Å². The lowest BCUT2D eigenvalue weighted by Crippen LogP contribution is -2.16. The normalized spacial score (nSPS) is 10.8. The van der Waals surface area contributed by atoms with E-state index in [0.29, 0.717) is 41.3 Å². The summed E-state index contributed by atoms with van der Waals surface area (Å²) < 4.78 is 16.7. The van der Waals surface area contributed by atoms with Gasteiger partial charge in [0.25, 0.3) is 0 Å². The maximum absolute atomic E-state index is 6.43. The Morgan fingerprint density at radius 1 is 1.00 bits per heavy atom. The van der Waals surface area contributed by atoms with Gasteiger partial charge in [0.2, 0.25) is 0 Å². The number of halogens is 2. The number of hydrogen-bond donors (Lipinski definition) is 1. The third-order valence-corrected chi connectivity index (χ3v) is 4.34. The Labute approximate surface area is 165 Å². The van der Waals surface area contributed by atoms with Gasteiger partial charge in [0.1, 0.15) is 6.61 Å². The second kappa shape index (κ2) is 11.3. The number of rotatable bonds is 11. The molecule has 0 aliphatic rings. The fraction of sp³-hybridized carbons (Fsp3) is 0.400. The van der Waals surface area contributed by atoms with Crippen LogP contribution >= 0.6 is 23.2 Å². The van der Waals surface area contributed by atoms with E-state index in [1.807, 2.05) is 43.3 Å². The summed E-state index contributed by atoms with van der Waals surface area (Å²) in [6, 6.07) is 11.3. The van der Waals surface area contributed by atoms with Crippen molar-refractivity contribution in [3.8, 4) is 11.5 Å². The highest BCUT2D eigenvalue weighted by molar-refractivity contribution is 6.31. The van der Waals surface area contributed by atoms with Gasteiger partial charge in [-0.1, -0.05) is 35.3 Å². The predicted octanol–water partition coefficient (Wildman–Crippen LogP) is 5.10. The molecule has 6 heteroatoms. The van der Waals surface area contributed by atoms with Gasteiger partial charge < -0.3 is 19.5 Å². The van der Waals surface area contributed by atoms with Gasteiger partial charge in [-0.2, -0.15) is 0 Å². The first kappa shape index (κ1) is 20.8. The molecule has 142 valence electrons. The average molecular weight is 398 g/mol. The van der Waals surface area contributed by atoms with E-state index in [-0.39, 0.29) is 0 Å². The van der Waals surface area contributed by atoms with E-state index in [1.165, 1.54) is 0 Å². The van der Waals surface area contributed by atoms with E-state index in [9.17, 15) is 0 Å². The van der Waals surface area contributed by atoms with E-state index in [1.54, 1.807) is 7.11 Å². The van der Waals surface area contributed by atoms with Crippen LogP contribution < -0.4 is 14.8 Å². The zero-order chi connectivity index (χ0) is 18.8. The molecule has 2 rings (SSSR count). The fourth-order valence-electron chi connectivity index (χ4n) is 2.40. The van der Waals surface area contributed by atoms with E-state index in [4.69, 9.17) is 37.4 Å². The lowest BCUT2D eigenvalue weighted by molar-refractivity contribution is 0.194. The molecule has 26 heavy (non-hydrogen) atoms. The zero-order valence-electron chi connectivity index (χ0n) is 15.2. The van der Waals surface area contributed by atoms with Gasteiger partial charge in [-0.15, -0.1) is 0 Å². The molecule has 0 amide bonds. The molecule has 1 N–H and O–H groups in total. The van der Waals surface area contributed by atoms with Crippen molar-refractivity contribution in [2.75, 3.05) is 26.9 Å². The minimum Gasteiger partial charge on any atom is -0.490 e. The Balaban J connectivity index is 2.03. The first-order valence-electron chi connectivity index (χ1n) is 8.66. The summed E-state index contributed by atoms with van der Waals surface area (Å²) in [7, 11) is 1.70. The van der Waals surface area contributed by atoms with Gasteiger partial charge in [-0.3, -0.25) is 0 Å². The SMILES string of the molecule is CCOc1cc(CNCCCOC)c(Cl)cc1OCc1ccc(Cl)cc1. The quantitative estimate of drug-likeness (QED) is 0.535. The number of hydrogen-bond acceptors (Lipinski definition) is 4. The Bertz CT molecular complexity index is 678. The van der Waals surface area contributed by atoms with Crippen LogP contribution in [-0.4, -0.2) is 26.9 Å². The summed E-state index contributed by atoms with van der Waals surface area (Å²) in [6.45, 7) is 5.19. The first-order valence-corrected chi connectivity index (χ1v) is 9.41. The van der Waals surface area contributed by atoms with Crippen molar-refractivity contribution in [1.82, 2.24) is 5.32 Å². The molecular weight excluding hydrogens is 373 g/mol. The van der Waals surface area contributed by atoms with Crippen LogP contribution in [0, 0.1) is 0 Å². The number of methoxy groups -OCH3 is 1. The van der Waals surface area contributed by atoms with Crippen molar-refractivity contribution in [2.24, 2.45) is 0 Å².